The second-order valence-electron chi connectivity index (χ2n) is 5.52. The van der Waals surface area contributed by atoms with Crippen molar-refractivity contribution in [1.29, 1.82) is 0 Å². The van der Waals surface area contributed by atoms with Crippen molar-refractivity contribution >= 4 is 0 Å². The Hall–Kier alpha value is -0.860. The first-order valence-corrected chi connectivity index (χ1v) is 7.00. The quantitative estimate of drug-likeness (QED) is 0.780. The summed E-state index contributed by atoms with van der Waals surface area (Å²) in [6, 6.07) is 6.10. The van der Waals surface area contributed by atoms with Crippen LogP contribution in [0.3, 0.4) is 0 Å². The van der Waals surface area contributed by atoms with Crippen LogP contribution in [0.5, 0.6) is 0 Å². The van der Waals surface area contributed by atoms with Gasteiger partial charge >= 0.3 is 0 Å². The average molecular weight is 248 g/mol. The predicted octanol–water partition coefficient (Wildman–Crippen LogP) is 3.54. The molecule has 1 aliphatic rings. The highest BCUT2D eigenvalue weighted by molar-refractivity contribution is 5.31. The van der Waals surface area contributed by atoms with Crippen LogP contribution in [0.4, 0.5) is 0 Å². The summed E-state index contributed by atoms with van der Waals surface area (Å²) in [6.07, 6.45) is 4.77. The maximum Gasteiger partial charge on any atom is 0.102 e. The van der Waals surface area contributed by atoms with Crippen LogP contribution in [0.25, 0.3) is 0 Å². The van der Waals surface area contributed by atoms with Crippen molar-refractivity contribution in [2.75, 3.05) is 13.2 Å². The second-order valence-corrected chi connectivity index (χ2v) is 5.52. The summed E-state index contributed by atoms with van der Waals surface area (Å²) in [7, 11) is 0. The molecule has 1 unspecified atom stereocenters. The van der Waals surface area contributed by atoms with Gasteiger partial charge in [0.25, 0.3) is 0 Å². The molecule has 100 valence electrons. The van der Waals surface area contributed by atoms with Crippen LogP contribution in [-0.2, 0) is 4.74 Å². The van der Waals surface area contributed by atoms with Crippen LogP contribution < -0.4 is 0 Å². The third kappa shape index (κ3) is 3.56. The molecule has 2 rings (SSSR count). The molecule has 1 aromatic carbocycles. The molecule has 2 heteroatoms. The van der Waals surface area contributed by atoms with Crippen molar-refractivity contribution in [3.05, 3.63) is 34.9 Å². The molecular weight excluding hydrogens is 224 g/mol. The number of aryl methyl sites for hydroxylation is 2. The fourth-order valence-electron chi connectivity index (χ4n) is 2.29. The van der Waals surface area contributed by atoms with Gasteiger partial charge in [-0.25, -0.2) is 0 Å². The molecule has 1 fully saturated rings. The Labute approximate surface area is 110 Å². The van der Waals surface area contributed by atoms with Crippen LogP contribution in [0.1, 0.15) is 48.5 Å². The van der Waals surface area contributed by atoms with E-state index in [0.717, 1.165) is 24.5 Å². The number of benzene rings is 1. The van der Waals surface area contributed by atoms with Gasteiger partial charge in [0.15, 0.2) is 0 Å². The number of aliphatic hydroxyl groups excluding tert-OH is 1. The molecule has 0 amide bonds. The third-order valence-electron chi connectivity index (χ3n) is 4.09. The number of hydrogen-bond acceptors (Lipinski definition) is 2. The first kappa shape index (κ1) is 13.6. The van der Waals surface area contributed by atoms with Gasteiger partial charge < -0.3 is 9.84 Å². The van der Waals surface area contributed by atoms with Crippen molar-refractivity contribution in [3.8, 4) is 0 Å². The maximum atomic E-state index is 10.0. The molecule has 0 heterocycles. The molecule has 1 atom stereocenters. The van der Waals surface area contributed by atoms with E-state index in [1.807, 2.05) is 6.07 Å². The maximum absolute atomic E-state index is 10.0. The fourth-order valence-corrected chi connectivity index (χ4v) is 2.29. The van der Waals surface area contributed by atoms with Crippen LogP contribution in [-0.4, -0.2) is 18.3 Å². The summed E-state index contributed by atoms with van der Waals surface area (Å²) in [5.41, 5.74) is 3.44. The van der Waals surface area contributed by atoms with E-state index in [4.69, 9.17) is 4.74 Å². The molecule has 1 aromatic rings. The normalized spacial score (nSPS) is 17.5. The van der Waals surface area contributed by atoms with Crippen molar-refractivity contribution in [1.82, 2.24) is 0 Å². The van der Waals surface area contributed by atoms with Crippen LogP contribution in [0, 0.1) is 19.8 Å². The lowest BCUT2D eigenvalue weighted by molar-refractivity contribution is 0.0266. The zero-order chi connectivity index (χ0) is 13.0. The number of hydrogen-bond donors (Lipinski definition) is 1. The summed E-state index contributed by atoms with van der Waals surface area (Å²) in [5, 5.41) is 10.0. The number of aliphatic hydroxyl groups is 1. The summed E-state index contributed by atoms with van der Waals surface area (Å²) < 4.78 is 5.58. The first-order chi connectivity index (χ1) is 8.66. The molecule has 0 bridgehead atoms. The summed E-state index contributed by atoms with van der Waals surface area (Å²) >= 11 is 0. The number of ether oxygens (including phenoxy) is 1. The van der Waals surface area contributed by atoms with Gasteiger partial charge in [0.05, 0.1) is 6.61 Å². The summed E-state index contributed by atoms with van der Waals surface area (Å²) in [6.45, 7) is 5.35. The zero-order valence-electron chi connectivity index (χ0n) is 11.5. The number of rotatable bonds is 6. The molecule has 1 saturated carbocycles. The van der Waals surface area contributed by atoms with Gasteiger partial charge in [-0.05, 0) is 42.9 Å². The first-order valence-electron chi connectivity index (χ1n) is 7.00. The molecular formula is C16H24O2. The SMILES string of the molecule is Cc1ccc(C(O)COCCC2CCC2)cc1C. The van der Waals surface area contributed by atoms with Crippen molar-refractivity contribution in [2.24, 2.45) is 5.92 Å². The largest absolute Gasteiger partial charge is 0.386 e. The third-order valence-corrected chi connectivity index (χ3v) is 4.09. The van der Waals surface area contributed by atoms with Crippen LogP contribution in [0.2, 0.25) is 0 Å². The smallest absolute Gasteiger partial charge is 0.102 e. The molecule has 0 aromatic heterocycles. The lowest BCUT2D eigenvalue weighted by Gasteiger charge is -2.25. The summed E-state index contributed by atoms with van der Waals surface area (Å²) in [4.78, 5) is 0. The second kappa shape index (κ2) is 6.35. The van der Waals surface area contributed by atoms with E-state index in [9.17, 15) is 5.11 Å². The molecule has 1 N–H and O–H groups in total. The lowest BCUT2D eigenvalue weighted by Crippen LogP contribution is -2.15. The Kier molecular flexibility index (Phi) is 4.79. The van der Waals surface area contributed by atoms with E-state index in [-0.39, 0.29) is 0 Å². The van der Waals surface area contributed by atoms with E-state index >= 15 is 0 Å². The van der Waals surface area contributed by atoms with Gasteiger partial charge in [-0.15, -0.1) is 0 Å². The van der Waals surface area contributed by atoms with Crippen LogP contribution >= 0.6 is 0 Å². The van der Waals surface area contributed by atoms with Crippen molar-refractivity contribution in [2.45, 2.75) is 45.6 Å². The molecule has 0 aliphatic heterocycles. The van der Waals surface area contributed by atoms with Crippen molar-refractivity contribution < 1.29 is 9.84 Å². The monoisotopic (exact) mass is 248 g/mol. The highest BCUT2D eigenvalue weighted by Gasteiger charge is 2.17. The van der Waals surface area contributed by atoms with Gasteiger partial charge in [0.2, 0.25) is 0 Å². The van der Waals surface area contributed by atoms with Gasteiger partial charge in [0.1, 0.15) is 6.10 Å². The Balaban J connectivity index is 1.72. The molecule has 18 heavy (non-hydrogen) atoms. The van der Waals surface area contributed by atoms with Crippen molar-refractivity contribution in [3.63, 3.8) is 0 Å². The Morgan fingerprint density at radius 2 is 2.06 bits per heavy atom. The minimum absolute atomic E-state index is 0.412. The standard InChI is InChI=1S/C16H24O2/c1-12-6-7-15(10-13(12)2)16(17)11-18-9-8-14-4-3-5-14/h6-7,10,14,16-17H,3-5,8-9,11H2,1-2H3. The van der Waals surface area contributed by atoms with Crippen LogP contribution in [0.15, 0.2) is 18.2 Å². The summed E-state index contributed by atoms with van der Waals surface area (Å²) in [5.74, 6) is 0.878. The molecule has 0 spiro atoms. The average Bonchev–Trinajstić information content (AvgIpc) is 2.30. The minimum Gasteiger partial charge on any atom is -0.386 e. The zero-order valence-corrected chi connectivity index (χ0v) is 11.5. The molecule has 0 saturated heterocycles. The topological polar surface area (TPSA) is 29.5 Å². The van der Waals surface area contributed by atoms with E-state index < -0.39 is 6.10 Å². The van der Waals surface area contributed by atoms with Gasteiger partial charge in [-0.1, -0.05) is 37.5 Å². The van der Waals surface area contributed by atoms with E-state index in [1.165, 1.54) is 30.4 Å². The lowest BCUT2D eigenvalue weighted by atomic mass is 9.83. The predicted molar refractivity (Wildman–Crippen MR) is 73.7 cm³/mol. The van der Waals surface area contributed by atoms with Gasteiger partial charge in [-0.3, -0.25) is 0 Å². The highest BCUT2D eigenvalue weighted by atomic mass is 16.5. The molecule has 0 radical (unpaired) electrons. The molecule has 2 nitrogen and oxygen atoms in total. The fraction of sp³-hybridized carbons (Fsp3) is 0.625. The molecule has 1 aliphatic carbocycles. The minimum atomic E-state index is -0.495. The van der Waals surface area contributed by atoms with Gasteiger partial charge in [0, 0.05) is 6.61 Å². The van der Waals surface area contributed by atoms with E-state index in [1.54, 1.807) is 0 Å². The van der Waals surface area contributed by atoms with E-state index in [2.05, 4.69) is 26.0 Å². The highest BCUT2D eigenvalue weighted by Crippen LogP contribution is 2.29. The Morgan fingerprint density at radius 3 is 2.67 bits per heavy atom. The Morgan fingerprint density at radius 1 is 1.28 bits per heavy atom. The Bertz CT molecular complexity index is 383. The van der Waals surface area contributed by atoms with Gasteiger partial charge in [-0.2, -0.15) is 0 Å². The van der Waals surface area contributed by atoms with E-state index in [0.29, 0.717) is 6.61 Å².